The summed E-state index contributed by atoms with van der Waals surface area (Å²) < 4.78 is 0. The topological polar surface area (TPSA) is 9.72 Å². The van der Waals surface area contributed by atoms with Crippen LogP contribution in [0, 0.1) is 0 Å². The Kier molecular flexibility index (Phi) is 7.84. The lowest BCUT2D eigenvalue weighted by molar-refractivity contribution is 0.590. The van der Waals surface area contributed by atoms with Crippen molar-refractivity contribution in [3.8, 4) is 0 Å². The molecule has 0 saturated heterocycles. The zero-order chi connectivity index (χ0) is 39.0. The Labute approximate surface area is 341 Å². The molecule has 0 atom stereocenters. The van der Waals surface area contributed by atoms with Crippen LogP contribution in [-0.4, -0.2) is 6.71 Å². The summed E-state index contributed by atoms with van der Waals surface area (Å²) in [5, 5.41) is 5.00. The third kappa shape index (κ3) is 5.29. The summed E-state index contributed by atoms with van der Waals surface area (Å²) in [4.78, 5) is 7.52. The lowest BCUT2D eigenvalue weighted by Crippen LogP contribution is -2.62. The van der Waals surface area contributed by atoms with Gasteiger partial charge in [-0.25, -0.2) is 0 Å². The fourth-order valence-corrected chi connectivity index (χ4v) is 9.53. The van der Waals surface area contributed by atoms with Crippen LogP contribution < -0.4 is 31.1 Å². The van der Waals surface area contributed by atoms with Gasteiger partial charge in [0.25, 0.3) is 6.71 Å². The highest BCUT2D eigenvalue weighted by Crippen LogP contribution is 2.50. The maximum Gasteiger partial charge on any atom is 0.253 e. The number of para-hydroxylation sites is 4. The minimum absolute atomic E-state index is 0.0455. The molecule has 0 fully saturated rings. The van der Waals surface area contributed by atoms with Crippen LogP contribution in [0.5, 0.6) is 0 Å². The minimum atomic E-state index is -0.109. The van der Waals surface area contributed by atoms with Gasteiger partial charge in [-0.1, -0.05) is 148 Å². The molecule has 4 heteroatoms. The maximum absolute atomic E-state index is 2.56. The molecule has 9 aromatic rings. The Bertz CT molecular complexity index is 2960. The highest BCUT2D eigenvalue weighted by molar-refractivity contribution is 7.03. The van der Waals surface area contributed by atoms with Gasteiger partial charge in [-0.2, -0.15) is 0 Å². The Morgan fingerprint density at radius 2 is 0.845 bits per heavy atom. The lowest BCUT2D eigenvalue weighted by atomic mass is 9.32. The molecule has 276 valence electrons. The van der Waals surface area contributed by atoms with Crippen LogP contribution in [0.2, 0.25) is 0 Å². The molecule has 0 spiro atoms. The summed E-state index contributed by atoms with van der Waals surface area (Å²) >= 11 is 0. The van der Waals surface area contributed by atoms with E-state index in [1.807, 2.05) is 0 Å². The summed E-state index contributed by atoms with van der Waals surface area (Å²) in [7, 11) is 0. The number of fused-ring (bicyclic) bond motifs is 8. The van der Waals surface area contributed by atoms with E-state index in [1.165, 1.54) is 66.2 Å². The van der Waals surface area contributed by atoms with Crippen molar-refractivity contribution in [1.82, 2.24) is 0 Å². The van der Waals surface area contributed by atoms with Crippen molar-refractivity contribution in [3.05, 3.63) is 206 Å². The predicted octanol–water partition coefficient (Wildman–Crippen LogP) is 12.8. The smallest absolute Gasteiger partial charge is 0.253 e. The number of nitrogens with zero attached hydrogens (tertiary/aromatic N) is 3. The van der Waals surface area contributed by atoms with E-state index in [1.54, 1.807) is 0 Å². The first-order chi connectivity index (χ1) is 28.5. The molecule has 58 heavy (non-hydrogen) atoms. The number of hydrogen-bond acceptors (Lipinski definition) is 3. The minimum Gasteiger partial charge on any atom is -0.311 e. The van der Waals surface area contributed by atoms with Gasteiger partial charge in [0.1, 0.15) is 0 Å². The van der Waals surface area contributed by atoms with Crippen LogP contribution >= 0.6 is 0 Å². The van der Waals surface area contributed by atoms with Crippen molar-refractivity contribution in [2.24, 2.45) is 0 Å². The SMILES string of the molecule is CC(C)(C)c1cc2c3c(c1)N(c1ccccc1)c1cc(N(c4ccccc4)c4ccccc4)c4ccccc4c1B3c1c(ccc3ccccc13)N2c1ccccc1. The normalized spacial score (nSPS) is 13.0. The van der Waals surface area contributed by atoms with E-state index in [4.69, 9.17) is 0 Å². The first kappa shape index (κ1) is 34.2. The zero-order valence-corrected chi connectivity index (χ0v) is 33.0. The summed E-state index contributed by atoms with van der Waals surface area (Å²) in [5.41, 5.74) is 15.7. The number of rotatable bonds is 5. The molecule has 0 saturated carbocycles. The summed E-state index contributed by atoms with van der Waals surface area (Å²) in [6.07, 6.45) is 0. The van der Waals surface area contributed by atoms with Gasteiger partial charge in [-0.15, -0.1) is 0 Å². The van der Waals surface area contributed by atoms with Gasteiger partial charge >= 0.3 is 0 Å². The van der Waals surface area contributed by atoms with E-state index in [2.05, 4.69) is 236 Å². The lowest BCUT2D eigenvalue weighted by Gasteiger charge is -2.46. The second-order valence-corrected chi connectivity index (χ2v) is 16.6. The van der Waals surface area contributed by atoms with E-state index < -0.39 is 0 Å². The van der Waals surface area contributed by atoms with Crippen LogP contribution in [0.4, 0.5) is 51.2 Å². The Morgan fingerprint density at radius 1 is 0.397 bits per heavy atom. The molecule has 11 rings (SSSR count). The Morgan fingerprint density at radius 3 is 1.41 bits per heavy atom. The Balaban J connectivity index is 1.33. The van der Waals surface area contributed by atoms with E-state index in [-0.39, 0.29) is 12.1 Å². The average Bonchev–Trinajstić information content (AvgIpc) is 3.27. The van der Waals surface area contributed by atoms with Crippen molar-refractivity contribution in [1.29, 1.82) is 0 Å². The van der Waals surface area contributed by atoms with Crippen molar-refractivity contribution in [3.63, 3.8) is 0 Å². The molecule has 0 aliphatic carbocycles. The highest BCUT2D eigenvalue weighted by atomic mass is 15.2. The molecule has 0 aromatic heterocycles. The van der Waals surface area contributed by atoms with E-state index in [9.17, 15) is 0 Å². The third-order valence-electron chi connectivity index (χ3n) is 12.1. The van der Waals surface area contributed by atoms with Crippen LogP contribution in [0.3, 0.4) is 0 Å². The van der Waals surface area contributed by atoms with Gasteiger partial charge in [0.15, 0.2) is 0 Å². The van der Waals surface area contributed by atoms with Crippen molar-refractivity contribution >= 4 is 95.8 Å². The van der Waals surface area contributed by atoms with E-state index >= 15 is 0 Å². The monoisotopic (exact) mass is 743 g/mol. The summed E-state index contributed by atoms with van der Waals surface area (Å²) in [5.74, 6) is 0. The Hall–Kier alpha value is -7.04. The van der Waals surface area contributed by atoms with E-state index in [0.29, 0.717) is 0 Å². The largest absolute Gasteiger partial charge is 0.311 e. The maximum atomic E-state index is 2.56. The molecular formula is C54H42BN3. The second kappa shape index (κ2) is 13.3. The van der Waals surface area contributed by atoms with Crippen LogP contribution in [0.1, 0.15) is 26.3 Å². The van der Waals surface area contributed by atoms with Crippen molar-refractivity contribution in [2.45, 2.75) is 26.2 Å². The van der Waals surface area contributed by atoms with Gasteiger partial charge in [-0.3, -0.25) is 0 Å². The third-order valence-corrected chi connectivity index (χ3v) is 12.1. The summed E-state index contributed by atoms with van der Waals surface area (Å²) in [6, 6.07) is 73.7. The van der Waals surface area contributed by atoms with E-state index in [0.717, 1.165) is 28.4 Å². The molecule has 2 aliphatic rings. The quantitative estimate of drug-likeness (QED) is 0.163. The molecule has 0 bridgehead atoms. The van der Waals surface area contributed by atoms with Crippen LogP contribution in [0.25, 0.3) is 21.5 Å². The molecule has 0 N–H and O–H groups in total. The first-order valence-corrected chi connectivity index (χ1v) is 20.3. The average molecular weight is 744 g/mol. The number of anilines is 9. The molecule has 2 aliphatic heterocycles. The predicted molar refractivity (Wildman–Crippen MR) is 249 cm³/mol. The molecule has 3 nitrogen and oxygen atoms in total. The molecule has 0 unspecified atom stereocenters. The second-order valence-electron chi connectivity index (χ2n) is 16.6. The van der Waals surface area contributed by atoms with Crippen LogP contribution in [-0.2, 0) is 5.41 Å². The van der Waals surface area contributed by atoms with Gasteiger partial charge in [-0.05, 0) is 116 Å². The van der Waals surface area contributed by atoms with Crippen molar-refractivity contribution in [2.75, 3.05) is 14.7 Å². The molecule has 2 heterocycles. The van der Waals surface area contributed by atoms with Crippen LogP contribution in [0.15, 0.2) is 200 Å². The first-order valence-electron chi connectivity index (χ1n) is 20.3. The fourth-order valence-electron chi connectivity index (χ4n) is 9.53. The zero-order valence-electron chi connectivity index (χ0n) is 33.0. The number of benzene rings is 9. The highest BCUT2D eigenvalue weighted by Gasteiger charge is 2.46. The summed E-state index contributed by atoms with van der Waals surface area (Å²) in [6.45, 7) is 6.96. The molecular weight excluding hydrogens is 701 g/mol. The molecule has 9 aromatic carbocycles. The number of hydrogen-bond donors (Lipinski definition) is 0. The standard InChI is InChI=1S/C54H42BN3/c1-54(2,3)38-34-48-53-49(35-38)58(42-27-14-7-15-28-42)50-36-47(56(39-21-8-4-9-22-39)40-23-10-5-11-24-40)44-30-18-19-31-45(44)52(50)55(53)51-43-29-17-16-20-37(43)32-33-46(51)57(48)41-25-12-6-13-26-41/h4-36H,1-3H3. The van der Waals surface area contributed by atoms with Gasteiger partial charge in [0, 0.05) is 50.9 Å². The van der Waals surface area contributed by atoms with Crippen molar-refractivity contribution < 1.29 is 0 Å². The van der Waals surface area contributed by atoms with Gasteiger partial charge < -0.3 is 14.7 Å². The van der Waals surface area contributed by atoms with Gasteiger partial charge in [0.2, 0.25) is 0 Å². The molecule has 0 radical (unpaired) electrons. The molecule has 0 amide bonds. The van der Waals surface area contributed by atoms with Gasteiger partial charge in [0.05, 0.1) is 5.69 Å². The fraction of sp³-hybridized carbons (Fsp3) is 0.0741.